The summed E-state index contributed by atoms with van der Waals surface area (Å²) >= 11 is 0. The Morgan fingerprint density at radius 2 is 0.758 bits per heavy atom. The quantitative estimate of drug-likeness (QED) is 0.267. The Hall–Kier alpha value is -4.36. The average Bonchev–Trinajstić information content (AvgIpc) is 3.39. The molecule has 1 radical (unpaired) electrons. The third-order valence-corrected chi connectivity index (χ3v) is 7.26. The first-order valence-corrected chi connectivity index (χ1v) is 11.4. The number of benzene rings is 6. The van der Waals surface area contributed by atoms with Gasteiger partial charge in [-0.2, -0.15) is 0 Å². The summed E-state index contributed by atoms with van der Waals surface area (Å²) in [5, 5.41) is 10.5. The Balaban J connectivity index is 1.40. The minimum Gasteiger partial charge on any atom is -0.248 e. The van der Waals surface area contributed by atoms with Gasteiger partial charge in [-0.05, 0) is 67.1 Å². The summed E-state index contributed by atoms with van der Waals surface area (Å²) in [7, 11) is 0. The third kappa shape index (κ3) is 2.16. The van der Waals surface area contributed by atoms with Crippen molar-refractivity contribution in [1.82, 2.24) is 5.32 Å². The summed E-state index contributed by atoms with van der Waals surface area (Å²) in [6.07, 6.45) is 0. The van der Waals surface area contributed by atoms with Gasteiger partial charge < -0.3 is 0 Å². The van der Waals surface area contributed by atoms with Crippen LogP contribution < -0.4 is 5.32 Å². The molecule has 6 aromatic rings. The highest BCUT2D eigenvalue weighted by molar-refractivity contribution is 6.20. The van der Waals surface area contributed by atoms with Crippen LogP contribution in [0.25, 0.3) is 66.1 Å². The van der Waals surface area contributed by atoms with E-state index in [-0.39, 0.29) is 0 Å². The Morgan fingerprint density at radius 1 is 0.333 bits per heavy atom. The molecule has 1 nitrogen and oxygen atoms in total. The summed E-state index contributed by atoms with van der Waals surface area (Å²) in [6, 6.07) is 39.4. The fourth-order valence-electron chi connectivity index (χ4n) is 5.92. The molecule has 0 N–H and O–H groups in total. The van der Waals surface area contributed by atoms with Crippen molar-refractivity contribution < 1.29 is 0 Å². The lowest BCUT2D eigenvalue weighted by molar-refractivity contribution is 1.20. The van der Waals surface area contributed by atoms with Crippen LogP contribution in [0.1, 0.15) is 0 Å². The van der Waals surface area contributed by atoms with Crippen LogP contribution in [-0.2, 0) is 0 Å². The molecule has 0 aliphatic heterocycles. The van der Waals surface area contributed by atoms with E-state index in [9.17, 15) is 0 Å². The number of hydrogen-bond donors (Lipinski definition) is 0. The average molecular weight is 417 g/mol. The third-order valence-electron chi connectivity index (χ3n) is 7.26. The lowest BCUT2D eigenvalue weighted by Crippen LogP contribution is -1.94. The van der Waals surface area contributed by atoms with Crippen molar-refractivity contribution in [3.05, 3.63) is 109 Å². The zero-order chi connectivity index (χ0) is 21.5. The molecule has 151 valence electrons. The second-order valence-corrected chi connectivity index (χ2v) is 8.93. The van der Waals surface area contributed by atoms with Gasteiger partial charge in [-0.1, -0.05) is 97.1 Å². The number of hydrogen-bond acceptors (Lipinski definition) is 0. The highest BCUT2D eigenvalue weighted by atomic mass is 14.9. The molecule has 1 heteroatoms. The van der Waals surface area contributed by atoms with Crippen LogP contribution in [0.4, 0.5) is 11.4 Å². The second-order valence-electron chi connectivity index (χ2n) is 8.93. The summed E-state index contributed by atoms with van der Waals surface area (Å²) in [6.45, 7) is 0. The van der Waals surface area contributed by atoms with Crippen LogP contribution in [0, 0.1) is 0 Å². The topological polar surface area (TPSA) is 14.1 Å². The molecule has 8 rings (SSSR count). The van der Waals surface area contributed by atoms with Crippen molar-refractivity contribution >= 4 is 32.9 Å². The molecule has 0 atom stereocenters. The van der Waals surface area contributed by atoms with Crippen molar-refractivity contribution in [2.75, 3.05) is 0 Å². The largest absolute Gasteiger partial charge is 0.248 e. The molecule has 0 fully saturated rings. The molecular weight excluding hydrogens is 398 g/mol. The van der Waals surface area contributed by atoms with Gasteiger partial charge in [-0.3, -0.25) is 0 Å². The molecular formula is C32H18N. The van der Waals surface area contributed by atoms with Crippen molar-refractivity contribution in [3.8, 4) is 44.5 Å². The van der Waals surface area contributed by atoms with Crippen LogP contribution in [0.3, 0.4) is 0 Å². The molecule has 0 amide bonds. The van der Waals surface area contributed by atoms with Gasteiger partial charge in [0.1, 0.15) is 0 Å². The van der Waals surface area contributed by atoms with Crippen molar-refractivity contribution in [3.63, 3.8) is 0 Å². The van der Waals surface area contributed by atoms with Crippen LogP contribution in [-0.4, -0.2) is 0 Å². The first-order chi connectivity index (χ1) is 16.4. The Bertz CT molecular complexity index is 1660. The van der Waals surface area contributed by atoms with E-state index in [4.69, 9.17) is 5.32 Å². The maximum Gasteiger partial charge on any atom is 0.0722 e. The van der Waals surface area contributed by atoms with E-state index in [0.29, 0.717) is 0 Å². The lowest BCUT2D eigenvalue weighted by atomic mass is 9.99. The fourth-order valence-corrected chi connectivity index (χ4v) is 5.92. The number of fused-ring (bicyclic) bond motifs is 6. The molecule has 0 saturated heterocycles. The summed E-state index contributed by atoms with van der Waals surface area (Å²) in [5.41, 5.74) is 12.4. The van der Waals surface area contributed by atoms with Gasteiger partial charge >= 0.3 is 0 Å². The normalized spacial score (nSPS) is 12.2. The smallest absolute Gasteiger partial charge is 0.0722 e. The van der Waals surface area contributed by atoms with Crippen LogP contribution >= 0.6 is 0 Å². The molecule has 33 heavy (non-hydrogen) atoms. The molecule has 0 bridgehead atoms. The van der Waals surface area contributed by atoms with Crippen LogP contribution in [0.2, 0.25) is 0 Å². The van der Waals surface area contributed by atoms with E-state index in [1.54, 1.807) is 0 Å². The van der Waals surface area contributed by atoms with Gasteiger partial charge in [0.15, 0.2) is 0 Å². The van der Waals surface area contributed by atoms with E-state index in [0.717, 1.165) is 11.4 Å². The molecule has 0 spiro atoms. The van der Waals surface area contributed by atoms with E-state index in [2.05, 4.69) is 109 Å². The Labute approximate surface area is 192 Å². The predicted octanol–water partition coefficient (Wildman–Crippen LogP) is 8.86. The van der Waals surface area contributed by atoms with Gasteiger partial charge in [0.05, 0.1) is 11.4 Å². The first-order valence-electron chi connectivity index (χ1n) is 11.4. The van der Waals surface area contributed by atoms with E-state index >= 15 is 0 Å². The van der Waals surface area contributed by atoms with E-state index in [1.165, 1.54) is 66.1 Å². The number of nitrogens with zero attached hydrogens (tertiary/aromatic N) is 1. The zero-order valence-electron chi connectivity index (χ0n) is 17.8. The van der Waals surface area contributed by atoms with Crippen molar-refractivity contribution in [2.45, 2.75) is 0 Å². The minimum absolute atomic E-state index is 1.04. The number of rotatable bonds is 2. The van der Waals surface area contributed by atoms with Gasteiger partial charge in [-0.25, -0.2) is 5.32 Å². The molecule has 0 aromatic heterocycles. The first kappa shape index (κ1) is 17.2. The predicted molar refractivity (Wildman–Crippen MR) is 138 cm³/mol. The summed E-state index contributed by atoms with van der Waals surface area (Å²) in [4.78, 5) is 0. The van der Waals surface area contributed by atoms with Crippen LogP contribution in [0.15, 0.2) is 109 Å². The molecule has 2 aliphatic rings. The fraction of sp³-hybridized carbons (Fsp3) is 0. The van der Waals surface area contributed by atoms with E-state index in [1.807, 2.05) is 0 Å². The van der Waals surface area contributed by atoms with Gasteiger partial charge in [-0.15, -0.1) is 0 Å². The van der Waals surface area contributed by atoms with Gasteiger partial charge in [0.2, 0.25) is 0 Å². The highest BCUT2D eigenvalue weighted by Crippen LogP contribution is 2.53. The van der Waals surface area contributed by atoms with Gasteiger partial charge in [0, 0.05) is 11.1 Å². The molecule has 0 unspecified atom stereocenters. The lowest BCUT2D eigenvalue weighted by Gasteiger charge is -2.14. The van der Waals surface area contributed by atoms with E-state index < -0.39 is 0 Å². The van der Waals surface area contributed by atoms with Crippen molar-refractivity contribution in [1.29, 1.82) is 0 Å². The monoisotopic (exact) mass is 416 g/mol. The standard InChI is InChI=1S/C32H18N/c1-3-11-25-21(9-1)23-13-5-7-19-15-17-27(31(25)29(19)23)33-28-18-16-20-8-6-14-24-22-10-2-4-12-26(22)32(28)30(20)24/h1-18H. The van der Waals surface area contributed by atoms with Crippen LogP contribution in [0.5, 0.6) is 0 Å². The zero-order valence-corrected chi connectivity index (χ0v) is 17.8. The molecule has 2 aliphatic carbocycles. The summed E-state index contributed by atoms with van der Waals surface area (Å²) < 4.78 is 0. The molecule has 0 saturated carbocycles. The summed E-state index contributed by atoms with van der Waals surface area (Å²) in [5.74, 6) is 0. The minimum atomic E-state index is 1.04. The Kier molecular flexibility index (Phi) is 3.19. The second kappa shape index (κ2) is 6.11. The maximum absolute atomic E-state index is 5.35. The molecule has 0 heterocycles. The van der Waals surface area contributed by atoms with Crippen molar-refractivity contribution in [2.24, 2.45) is 0 Å². The van der Waals surface area contributed by atoms with Gasteiger partial charge in [0.25, 0.3) is 0 Å². The molecule has 6 aromatic carbocycles. The highest BCUT2D eigenvalue weighted by Gasteiger charge is 2.27. The Morgan fingerprint density at radius 3 is 1.24 bits per heavy atom. The SMILES string of the molecule is c1ccc2c(c1)-c1cccc3ccc([N]c4ccc5cccc6c5c4-c4ccccc4-6)c-2c13. The maximum atomic E-state index is 5.35.